The highest BCUT2D eigenvalue weighted by atomic mass is 16.2. The van der Waals surface area contributed by atoms with Gasteiger partial charge in [-0.1, -0.05) is 0 Å². The highest BCUT2D eigenvalue weighted by molar-refractivity contribution is 5.93. The van der Waals surface area contributed by atoms with Crippen molar-refractivity contribution in [1.29, 1.82) is 0 Å². The van der Waals surface area contributed by atoms with E-state index in [0.29, 0.717) is 18.7 Å². The second-order valence-electron chi connectivity index (χ2n) is 2.86. The number of rotatable bonds is 4. The lowest BCUT2D eigenvalue weighted by Gasteiger charge is -2.14. The second-order valence-corrected chi connectivity index (χ2v) is 2.86. The molecule has 13 heavy (non-hydrogen) atoms. The van der Waals surface area contributed by atoms with Crippen molar-refractivity contribution in [2.45, 2.75) is 6.42 Å². The Kier molecular flexibility index (Phi) is 3.45. The summed E-state index contributed by atoms with van der Waals surface area (Å²) in [7, 11) is 1.75. The van der Waals surface area contributed by atoms with Gasteiger partial charge in [-0.2, -0.15) is 5.10 Å². The predicted octanol–water partition coefficient (Wildman–Crippen LogP) is -0.169. The molecule has 0 aromatic carbocycles. The molecule has 0 aliphatic rings. The molecule has 0 unspecified atom stereocenters. The van der Waals surface area contributed by atoms with Crippen molar-refractivity contribution < 1.29 is 4.79 Å². The normalized spacial score (nSPS) is 10.0. The number of amides is 1. The Bertz CT molecular complexity index is 257. The average molecular weight is 182 g/mol. The van der Waals surface area contributed by atoms with Crippen molar-refractivity contribution in [2.75, 3.05) is 20.1 Å². The Morgan fingerprint density at radius 1 is 1.77 bits per heavy atom. The summed E-state index contributed by atoms with van der Waals surface area (Å²) < 4.78 is 0. The number of nitrogens with zero attached hydrogens (tertiary/aromatic N) is 2. The largest absolute Gasteiger partial charge is 0.342 e. The summed E-state index contributed by atoms with van der Waals surface area (Å²) in [5, 5.41) is 6.31. The second kappa shape index (κ2) is 4.61. The van der Waals surface area contributed by atoms with Crippen molar-refractivity contribution >= 4 is 5.91 Å². The van der Waals surface area contributed by atoms with Crippen LogP contribution >= 0.6 is 0 Å². The number of aromatic amines is 1. The minimum absolute atomic E-state index is 0.0257. The van der Waals surface area contributed by atoms with Crippen LogP contribution in [0.5, 0.6) is 0 Å². The van der Waals surface area contributed by atoms with E-state index in [2.05, 4.69) is 10.2 Å². The number of nitrogens with two attached hydrogens (primary N) is 1. The number of carbonyl (C=O) groups excluding carboxylic acids is 1. The van der Waals surface area contributed by atoms with Gasteiger partial charge in [0, 0.05) is 19.8 Å². The van der Waals surface area contributed by atoms with E-state index < -0.39 is 0 Å². The molecule has 3 N–H and O–H groups in total. The molecule has 0 aliphatic carbocycles. The highest BCUT2D eigenvalue weighted by Crippen LogP contribution is 1.99. The molecule has 0 saturated carbocycles. The molecule has 1 aromatic rings. The smallest absolute Gasteiger partial charge is 0.256 e. The minimum atomic E-state index is -0.0257. The van der Waals surface area contributed by atoms with Crippen molar-refractivity contribution in [2.24, 2.45) is 5.73 Å². The summed E-state index contributed by atoms with van der Waals surface area (Å²) in [4.78, 5) is 13.2. The van der Waals surface area contributed by atoms with E-state index in [1.807, 2.05) is 0 Å². The van der Waals surface area contributed by atoms with Gasteiger partial charge in [0.2, 0.25) is 0 Å². The van der Waals surface area contributed by atoms with Crippen LogP contribution in [-0.2, 0) is 0 Å². The standard InChI is InChI=1S/C8H14N4O/c1-12(4-2-3-9)8(13)7-5-10-11-6-7/h5-6H,2-4,9H2,1H3,(H,10,11). The number of carbonyl (C=O) groups is 1. The summed E-state index contributed by atoms with van der Waals surface area (Å²) in [5.74, 6) is -0.0257. The Labute approximate surface area is 76.9 Å². The maximum atomic E-state index is 11.5. The molecule has 1 aromatic heterocycles. The third kappa shape index (κ3) is 2.55. The number of aromatic nitrogens is 2. The molecule has 0 bridgehead atoms. The fraction of sp³-hybridized carbons (Fsp3) is 0.500. The van der Waals surface area contributed by atoms with Crippen LogP contribution in [-0.4, -0.2) is 41.1 Å². The number of hydrogen-bond donors (Lipinski definition) is 2. The van der Waals surface area contributed by atoms with Crippen LogP contribution in [0.25, 0.3) is 0 Å². The van der Waals surface area contributed by atoms with Crippen LogP contribution in [0, 0.1) is 0 Å². The zero-order chi connectivity index (χ0) is 9.68. The van der Waals surface area contributed by atoms with Crippen molar-refractivity contribution in [1.82, 2.24) is 15.1 Å². The molecule has 0 radical (unpaired) electrons. The van der Waals surface area contributed by atoms with Gasteiger partial charge >= 0.3 is 0 Å². The van der Waals surface area contributed by atoms with E-state index in [1.54, 1.807) is 18.1 Å². The van der Waals surface area contributed by atoms with Gasteiger partial charge in [0.05, 0.1) is 11.8 Å². The van der Waals surface area contributed by atoms with Crippen molar-refractivity contribution in [3.05, 3.63) is 18.0 Å². The lowest BCUT2D eigenvalue weighted by Crippen LogP contribution is -2.28. The van der Waals surface area contributed by atoms with Gasteiger partial charge in [0.15, 0.2) is 0 Å². The van der Waals surface area contributed by atoms with Crippen LogP contribution in [0.3, 0.4) is 0 Å². The van der Waals surface area contributed by atoms with Crippen molar-refractivity contribution in [3.8, 4) is 0 Å². The van der Waals surface area contributed by atoms with Crippen LogP contribution < -0.4 is 5.73 Å². The Hall–Kier alpha value is -1.36. The van der Waals surface area contributed by atoms with Gasteiger partial charge in [0.25, 0.3) is 5.91 Å². The predicted molar refractivity (Wildman–Crippen MR) is 49.2 cm³/mol. The van der Waals surface area contributed by atoms with Gasteiger partial charge in [-0.25, -0.2) is 0 Å². The molecular formula is C8H14N4O. The number of nitrogens with one attached hydrogen (secondary N) is 1. The molecule has 72 valence electrons. The topological polar surface area (TPSA) is 75.0 Å². The summed E-state index contributed by atoms with van der Waals surface area (Å²) in [6, 6.07) is 0. The number of hydrogen-bond acceptors (Lipinski definition) is 3. The lowest BCUT2D eigenvalue weighted by atomic mass is 10.3. The first-order valence-electron chi connectivity index (χ1n) is 4.20. The van der Waals surface area contributed by atoms with Crippen LogP contribution in [0.1, 0.15) is 16.8 Å². The summed E-state index contributed by atoms with van der Waals surface area (Å²) in [5.41, 5.74) is 5.92. The average Bonchev–Trinajstić information content (AvgIpc) is 2.65. The van der Waals surface area contributed by atoms with E-state index in [0.717, 1.165) is 6.42 Å². The summed E-state index contributed by atoms with van der Waals surface area (Å²) >= 11 is 0. The number of H-pyrrole nitrogens is 1. The zero-order valence-electron chi connectivity index (χ0n) is 7.66. The van der Waals surface area contributed by atoms with Gasteiger partial charge in [-0.3, -0.25) is 9.89 Å². The molecule has 1 rings (SSSR count). The fourth-order valence-corrected chi connectivity index (χ4v) is 1.02. The molecule has 0 saturated heterocycles. The Morgan fingerprint density at radius 3 is 3.08 bits per heavy atom. The van der Waals surface area contributed by atoms with E-state index in [-0.39, 0.29) is 5.91 Å². The molecule has 0 aliphatic heterocycles. The molecule has 0 fully saturated rings. The fourth-order valence-electron chi connectivity index (χ4n) is 1.02. The first-order chi connectivity index (χ1) is 6.25. The SMILES string of the molecule is CN(CCCN)C(=O)c1cn[nH]c1. The van der Waals surface area contributed by atoms with E-state index in [4.69, 9.17) is 5.73 Å². The lowest BCUT2D eigenvalue weighted by molar-refractivity contribution is 0.0794. The molecule has 0 atom stereocenters. The molecule has 5 heteroatoms. The van der Waals surface area contributed by atoms with Crippen LogP contribution in [0.2, 0.25) is 0 Å². The van der Waals surface area contributed by atoms with Gasteiger partial charge in [0.1, 0.15) is 0 Å². The molecular weight excluding hydrogens is 168 g/mol. The van der Waals surface area contributed by atoms with Crippen LogP contribution in [0.15, 0.2) is 12.4 Å². The zero-order valence-corrected chi connectivity index (χ0v) is 7.66. The molecule has 1 heterocycles. The molecule has 1 amide bonds. The summed E-state index contributed by atoms with van der Waals surface area (Å²) in [6.07, 6.45) is 3.92. The van der Waals surface area contributed by atoms with E-state index in [1.165, 1.54) is 6.20 Å². The first-order valence-corrected chi connectivity index (χ1v) is 4.20. The van der Waals surface area contributed by atoms with Crippen LogP contribution in [0.4, 0.5) is 0 Å². The third-order valence-corrected chi connectivity index (χ3v) is 1.79. The third-order valence-electron chi connectivity index (χ3n) is 1.79. The summed E-state index contributed by atoms with van der Waals surface area (Å²) in [6.45, 7) is 1.28. The monoisotopic (exact) mass is 182 g/mol. The van der Waals surface area contributed by atoms with E-state index >= 15 is 0 Å². The first kappa shape index (κ1) is 9.73. The van der Waals surface area contributed by atoms with Crippen molar-refractivity contribution in [3.63, 3.8) is 0 Å². The molecule has 5 nitrogen and oxygen atoms in total. The quantitative estimate of drug-likeness (QED) is 0.679. The highest BCUT2D eigenvalue weighted by Gasteiger charge is 2.11. The van der Waals surface area contributed by atoms with Gasteiger partial charge in [-0.15, -0.1) is 0 Å². The van der Waals surface area contributed by atoms with Gasteiger partial charge in [-0.05, 0) is 13.0 Å². The van der Waals surface area contributed by atoms with Gasteiger partial charge < -0.3 is 10.6 Å². The molecule has 0 spiro atoms. The maximum Gasteiger partial charge on any atom is 0.256 e. The minimum Gasteiger partial charge on any atom is -0.342 e. The Morgan fingerprint density at radius 2 is 2.54 bits per heavy atom. The maximum absolute atomic E-state index is 11.5. The Balaban J connectivity index is 2.48. The van der Waals surface area contributed by atoms with E-state index in [9.17, 15) is 4.79 Å².